The fraction of sp³-hybridized carbons (Fsp3) is 0.583. The van der Waals surface area contributed by atoms with Gasteiger partial charge in [0.05, 0.1) is 36.3 Å². The molecule has 4 amide bonds. The number of benzene rings is 1. The number of imide groups is 2. The van der Waals surface area contributed by atoms with Gasteiger partial charge in [0.1, 0.15) is 0 Å². The maximum Gasteiger partial charge on any atom is 0.292 e. The van der Waals surface area contributed by atoms with E-state index in [0.29, 0.717) is 23.5 Å². The molecule has 2 aliphatic heterocycles. The number of hydrogen-bond donors (Lipinski definition) is 2. The zero-order valence-electron chi connectivity index (χ0n) is 18.4. The summed E-state index contributed by atoms with van der Waals surface area (Å²) in [5.41, 5.74) is 0.999. The summed E-state index contributed by atoms with van der Waals surface area (Å²) in [6.45, 7) is 0. The van der Waals surface area contributed by atoms with Crippen LogP contribution < -0.4 is 20.4 Å². The molecule has 4 aliphatic rings. The Labute approximate surface area is 187 Å². The fourth-order valence-corrected chi connectivity index (χ4v) is 5.86. The molecule has 32 heavy (non-hydrogen) atoms. The lowest BCUT2D eigenvalue weighted by atomic mass is 10.2. The van der Waals surface area contributed by atoms with E-state index in [2.05, 4.69) is 10.6 Å². The molecule has 8 heteroatoms. The summed E-state index contributed by atoms with van der Waals surface area (Å²) in [5, 5.41) is 4.15. The van der Waals surface area contributed by atoms with Crippen molar-refractivity contribution in [2.24, 2.45) is 0 Å². The van der Waals surface area contributed by atoms with Gasteiger partial charge in [-0.3, -0.25) is 19.2 Å². The van der Waals surface area contributed by atoms with Crippen molar-refractivity contribution in [3.8, 4) is 0 Å². The molecule has 5 rings (SSSR count). The van der Waals surface area contributed by atoms with Gasteiger partial charge in [0, 0.05) is 0 Å². The third-order valence-electron chi connectivity index (χ3n) is 7.54. The third-order valence-corrected chi connectivity index (χ3v) is 7.54. The number of quaternary nitrogens is 2. The van der Waals surface area contributed by atoms with Crippen LogP contribution in [0.15, 0.2) is 24.3 Å². The van der Waals surface area contributed by atoms with E-state index in [9.17, 15) is 19.2 Å². The largest absolute Gasteiger partial charge is 0.333 e. The Morgan fingerprint density at radius 1 is 0.594 bits per heavy atom. The van der Waals surface area contributed by atoms with Gasteiger partial charge in [0.15, 0.2) is 12.1 Å². The molecule has 8 nitrogen and oxygen atoms in total. The van der Waals surface area contributed by atoms with Crippen LogP contribution in [-0.4, -0.2) is 47.8 Å². The summed E-state index contributed by atoms with van der Waals surface area (Å²) >= 11 is 0. The Bertz CT molecular complexity index is 843. The molecule has 0 aromatic heterocycles. The summed E-state index contributed by atoms with van der Waals surface area (Å²) < 4.78 is 0. The Morgan fingerprint density at radius 2 is 0.938 bits per heavy atom. The minimum absolute atomic E-state index is 0.172. The van der Waals surface area contributed by atoms with Crippen molar-refractivity contribution in [3.05, 3.63) is 24.3 Å². The first-order valence-corrected chi connectivity index (χ1v) is 12.0. The van der Waals surface area contributed by atoms with Crippen molar-refractivity contribution < 1.29 is 29.8 Å². The van der Waals surface area contributed by atoms with E-state index < -0.39 is 0 Å². The Kier molecular flexibility index (Phi) is 5.82. The molecule has 1 aromatic carbocycles. The molecule has 4 fully saturated rings. The molecule has 170 valence electrons. The van der Waals surface area contributed by atoms with E-state index in [1.807, 2.05) is 0 Å². The van der Waals surface area contributed by atoms with E-state index in [0.717, 1.165) is 25.7 Å². The van der Waals surface area contributed by atoms with Crippen LogP contribution in [0, 0.1) is 0 Å². The molecule has 1 aromatic rings. The maximum absolute atomic E-state index is 12.9. The number of hydrogen-bond acceptors (Lipinski definition) is 4. The van der Waals surface area contributed by atoms with Crippen molar-refractivity contribution in [1.29, 1.82) is 0 Å². The first-order chi connectivity index (χ1) is 15.5. The highest BCUT2D eigenvalue weighted by molar-refractivity contribution is 6.23. The molecule has 0 radical (unpaired) electrons. The molecule has 2 atom stereocenters. The van der Waals surface area contributed by atoms with Gasteiger partial charge < -0.3 is 10.6 Å². The molecule has 2 aliphatic carbocycles. The standard InChI is InChI=1S/C24H30N4O4/c29-21-13-19(25-15-5-1-2-6-15)23(31)27(21)17-9-11-18(12-10-17)28-22(30)14-20(24(28)32)26-16-7-3-4-8-16/h9-12,15-16,19-20,25-26H,1-8,13-14H2/p+2/t19-,20+. The fourth-order valence-electron chi connectivity index (χ4n) is 5.86. The quantitative estimate of drug-likeness (QED) is 0.605. The molecule has 2 heterocycles. The van der Waals surface area contributed by atoms with Crippen molar-refractivity contribution in [2.45, 2.75) is 88.4 Å². The normalized spacial score (nSPS) is 27.5. The predicted molar refractivity (Wildman–Crippen MR) is 117 cm³/mol. The number of rotatable bonds is 6. The van der Waals surface area contributed by atoms with Crippen molar-refractivity contribution in [3.63, 3.8) is 0 Å². The smallest absolute Gasteiger partial charge is 0.292 e. The molecular weight excluding hydrogens is 408 g/mol. The second-order valence-corrected chi connectivity index (χ2v) is 9.75. The first kappa shape index (κ1) is 21.3. The van der Waals surface area contributed by atoms with Gasteiger partial charge in [-0.2, -0.15) is 0 Å². The highest BCUT2D eigenvalue weighted by Crippen LogP contribution is 2.28. The van der Waals surface area contributed by atoms with Gasteiger partial charge >= 0.3 is 0 Å². The average molecular weight is 441 g/mol. The molecule has 2 saturated carbocycles. The lowest BCUT2D eigenvalue weighted by Crippen LogP contribution is -2.95. The summed E-state index contributed by atoms with van der Waals surface area (Å²) in [5.74, 6) is -0.730. The summed E-state index contributed by atoms with van der Waals surface area (Å²) in [7, 11) is 0. The van der Waals surface area contributed by atoms with E-state index in [1.54, 1.807) is 24.3 Å². The van der Waals surface area contributed by atoms with E-state index in [1.165, 1.54) is 35.5 Å². The maximum atomic E-state index is 12.9. The number of carbonyl (C=O) groups excluding carboxylic acids is 4. The van der Waals surface area contributed by atoms with Gasteiger partial charge in [0.25, 0.3) is 11.8 Å². The summed E-state index contributed by atoms with van der Waals surface area (Å²) in [4.78, 5) is 53.5. The van der Waals surface area contributed by atoms with Crippen LogP contribution in [0.4, 0.5) is 11.4 Å². The lowest BCUT2D eigenvalue weighted by molar-refractivity contribution is -0.706. The van der Waals surface area contributed by atoms with Crippen LogP contribution in [0.1, 0.15) is 64.2 Å². The van der Waals surface area contributed by atoms with E-state index in [-0.39, 0.29) is 48.6 Å². The van der Waals surface area contributed by atoms with Crippen LogP contribution in [-0.2, 0) is 19.2 Å². The topological polar surface area (TPSA) is 108 Å². The average Bonchev–Trinajstić information content (AvgIpc) is 3.56. The number of anilines is 2. The molecule has 0 spiro atoms. The second kappa shape index (κ2) is 8.75. The molecule has 2 saturated heterocycles. The third kappa shape index (κ3) is 3.97. The van der Waals surface area contributed by atoms with Crippen molar-refractivity contribution in [1.82, 2.24) is 0 Å². The lowest BCUT2D eigenvalue weighted by Gasteiger charge is -2.18. The van der Waals surface area contributed by atoms with Gasteiger partial charge in [-0.05, 0) is 75.6 Å². The summed E-state index contributed by atoms with van der Waals surface area (Å²) in [6.07, 6.45) is 9.60. The summed E-state index contributed by atoms with van der Waals surface area (Å²) in [6, 6.07) is 6.82. The van der Waals surface area contributed by atoms with Gasteiger partial charge in [-0.15, -0.1) is 0 Å². The van der Waals surface area contributed by atoms with Crippen LogP contribution in [0.2, 0.25) is 0 Å². The van der Waals surface area contributed by atoms with Crippen LogP contribution in [0.5, 0.6) is 0 Å². The minimum Gasteiger partial charge on any atom is -0.333 e. The Hall–Kier alpha value is -2.58. The predicted octanol–water partition coefficient (Wildman–Crippen LogP) is -0.0376. The van der Waals surface area contributed by atoms with Gasteiger partial charge in [0.2, 0.25) is 11.8 Å². The highest BCUT2D eigenvalue weighted by atomic mass is 16.2. The van der Waals surface area contributed by atoms with Gasteiger partial charge in [-0.1, -0.05) is 0 Å². The van der Waals surface area contributed by atoms with Crippen LogP contribution in [0.25, 0.3) is 0 Å². The second-order valence-electron chi connectivity index (χ2n) is 9.75. The molecule has 4 N–H and O–H groups in total. The van der Waals surface area contributed by atoms with Crippen molar-refractivity contribution >= 4 is 35.0 Å². The van der Waals surface area contributed by atoms with E-state index in [4.69, 9.17) is 0 Å². The Morgan fingerprint density at radius 3 is 1.28 bits per heavy atom. The van der Waals surface area contributed by atoms with Crippen molar-refractivity contribution in [2.75, 3.05) is 9.80 Å². The Balaban J connectivity index is 1.26. The molecule has 0 unspecified atom stereocenters. The monoisotopic (exact) mass is 440 g/mol. The van der Waals surface area contributed by atoms with Gasteiger partial charge in [-0.25, -0.2) is 9.80 Å². The number of nitrogens with zero attached hydrogens (tertiary/aromatic N) is 2. The molecule has 0 bridgehead atoms. The zero-order valence-corrected chi connectivity index (χ0v) is 18.4. The highest BCUT2D eigenvalue weighted by Gasteiger charge is 2.45. The SMILES string of the molecule is O=C1C[C@H]([NH2+]C2CCCC2)C(=O)N1c1ccc(N2C(=O)C[C@@H]([NH2+]C3CCCC3)C2=O)cc1. The number of carbonyl (C=O) groups is 4. The molecular formula is C24H32N4O4+2. The van der Waals surface area contributed by atoms with Crippen LogP contribution in [0.3, 0.4) is 0 Å². The first-order valence-electron chi connectivity index (χ1n) is 12.0. The van der Waals surface area contributed by atoms with Crippen LogP contribution >= 0.6 is 0 Å². The van der Waals surface area contributed by atoms with E-state index >= 15 is 0 Å². The number of nitrogens with two attached hydrogens (primary N) is 2. The zero-order chi connectivity index (χ0) is 22.2. The minimum atomic E-state index is -0.348. The number of amides is 4.